The molecule has 162 valence electrons. The van der Waals surface area contributed by atoms with Gasteiger partial charge in [-0.25, -0.2) is 9.97 Å². The summed E-state index contributed by atoms with van der Waals surface area (Å²) in [7, 11) is 0. The summed E-state index contributed by atoms with van der Waals surface area (Å²) in [4.78, 5) is 14.6. The number of halogens is 2. The summed E-state index contributed by atoms with van der Waals surface area (Å²) >= 11 is 0. The van der Waals surface area contributed by atoms with Gasteiger partial charge >= 0.3 is 0 Å². The first-order valence-corrected chi connectivity index (χ1v) is 10.6. The van der Waals surface area contributed by atoms with E-state index in [-0.39, 0.29) is 24.8 Å². The first-order valence-electron chi connectivity index (χ1n) is 10.6. The Kier molecular flexibility index (Phi) is 11.0. The second-order valence-corrected chi connectivity index (χ2v) is 8.38. The molecule has 2 aliphatic heterocycles. The van der Waals surface area contributed by atoms with Crippen molar-refractivity contribution in [2.24, 2.45) is 5.92 Å². The predicted octanol–water partition coefficient (Wildman–Crippen LogP) is 4.04. The highest BCUT2D eigenvalue weighted by molar-refractivity contribution is 5.85. The number of nitrogens with one attached hydrogen (secondary N) is 1. The van der Waals surface area contributed by atoms with Gasteiger partial charge in [-0.2, -0.15) is 0 Å². The van der Waals surface area contributed by atoms with Gasteiger partial charge in [0.05, 0.1) is 0 Å². The van der Waals surface area contributed by atoms with E-state index in [0.717, 1.165) is 42.4 Å². The number of aryl methyl sites for hydroxylation is 1. The maximum absolute atomic E-state index is 4.83. The van der Waals surface area contributed by atoms with Crippen LogP contribution in [0.1, 0.15) is 63.9 Å². The molecule has 0 aromatic carbocycles. The van der Waals surface area contributed by atoms with Crippen LogP contribution in [0.5, 0.6) is 0 Å². The highest BCUT2D eigenvalue weighted by atomic mass is 35.5. The minimum Gasteiger partial charge on any atom is -0.356 e. The van der Waals surface area contributed by atoms with E-state index in [1.165, 1.54) is 51.9 Å². The molecule has 2 fully saturated rings. The lowest BCUT2D eigenvalue weighted by molar-refractivity contribution is 0.139. The molecule has 1 aromatic rings. The molecule has 3 rings (SSSR count). The lowest BCUT2D eigenvalue weighted by atomic mass is 9.95. The molecule has 0 atom stereocenters. The number of piperidine rings is 2. The van der Waals surface area contributed by atoms with E-state index < -0.39 is 0 Å². The molecule has 0 amide bonds. The molecule has 0 bridgehead atoms. The minimum absolute atomic E-state index is 0. The lowest BCUT2D eigenvalue weighted by Crippen LogP contribution is -2.47. The molecule has 0 spiro atoms. The summed E-state index contributed by atoms with van der Waals surface area (Å²) in [6.45, 7) is 15.8. The SMILES string of the molecule is CCN(CC1CCNCC1)C1CCN(c2cc(C)nc(C(C)C)n2)CC1.Cl.Cl. The third-order valence-corrected chi connectivity index (χ3v) is 6.04. The van der Waals surface area contributed by atoms with Gasteiger partial charge in [0, 0.05) is 43.4 Å². The molecule has 0 radical (unpaired) electrons. The van der Waals surface area contributed by atoms with E-state index >= 15 is 0 Å². The van der Waals surface area contributed by atoms with Gasteiger partial charge in [0.1, 0.15) is 11.6 Å². The van der Waals surface area contributed by atoms with Crippen molar-refractivity contribution in [3.05, 3.63) is 17.6 Å². The molecule has 5 nitrogen and oxygen atoms in total. The van der Waals surface area contributed by atoms with Crippen LogP contribution in [0.2, 0.25) is 0 Å². The monoisotopic (exact) mass is 431 g/mol. The van der Waals surface area contributed by atoms with Gasteiger partial charge in [-0.1, -0.05) is 20.8 Å². The number of nitrogens with zero attached hydrogens (tertiary/aromatic N) is 4. The summed E-state index contributed by atoms with van der Waals surface area (Å²) in [5, 5.41) is 3.49. The second kappa shape index (κ2) is 12.2. The fourth-order valence-corrected chi connectivity index (χ4v) is 4.39. The van der Waals surface area contributed by atoms with Gasteiger partial charge in [-0.3, -0.25) is 0 Å². The van der Waals surface area contributed by atoms with Crippen LogP contribution in [0.3, 0.4) is 0 Å². The zero-order valence-electron chi connectivity index (χ0n) is 18.0. The predicted molar refractivity (Wildman–Crippen MR) is 123 cm³/mol. The zero-order chi connectivity index (χ0) is 18.5. The van der Waals surface area contributed by atoms with E-state index in [2.05, 4.69) is 53.9 Å². The summed E-state index contributed by atoms with van der Waals surface area (Å²) in [6.07, 6.45) is 5.18. The van der Waals surface area contributed by atoms with Crippen LogP contribution in [0.4, 0.5) is 5.82 Å². The maximum Gasteiger partial charge on any atom is 0.133 e. The number of hydrogen-bond acceptors (Lipinski definition) is 5. The van der Waals surface area contributed by atoms with E-state index in [9.17, 15) is 0 Å². The van der Waals surface area contributed by atoms with Crippen molar-refractivity contribution in [2.45, 2.75) is 65.3 Å². The van der Waals surface area contributed by atoms with Crippen LogP contribution in [0.15, 0.2) is 6.07 Å². The van der Waals surface area contributed by atoms with E-state index in [4.69, 9.17) is 4.98 Å². The van der Waals surface area contributed by atoms with Gasteiger partial charge in [0.25, 0.3) is 0 Å². The largest absolute Gasteiger partial charge is 0.356 e. The number of anilines is 1. The molecule has 2 aliphatic rings. The van der Waals surface area contributed by atoms with Gasteiger partial charge in [0.15, 0.2) is 0 Å². The Morgan fingerprint density at radius 1 is 1.11 bits per heavy atom. The fraction of sp³-hybridized carbons (Fsp3) is 0.810. The number of aromatic nitrogens is 2. The van der Waals surface area contributed by atoms with Crippen LogP contribution in [0, 0.1) is 12.8 Å². The van der Waals surface area contributed by atoms with Gasteiger partial charge < -0.3 is 15.1 Å². The van der Waals surface area contributed by atoms with Crippen LogP contribution < -0.4 is 10.2 Å². The maximum atomic E-state index is 4.83. The van der Waals surface area contributed by atoms with Crippen molar-refractivity contribution in [3.63, 3.8) is 0 Å². The normalized spacial score (nSPS) is 18.9. The molecule has 2 saturated heterocycles. The Morgan fingerprint density at radius 3 is 2.32 bits per heavy atom. The average molecular weight is 432 g/mol. The Hall–Kier alpha value is -0.620. The molecule has 0 unspecified atom stereocenters. The molecule has 7 heteroatoms. The first-order chi connectivity index (χ1) is 12.6. The topological polar surface area (TPSA) is 44.3 Å². The summed E-state index contributed by atoms with van der Waals surface area (Å²) in [6, 6.07) is 2.89. The van der Waals surface area contributed by atoms with E-state index in [1.807, 2.05) is 0 Å². The van der Waals surface area contributed by atoms with Crippen molar-refractivity contribution in [3.8, 4) is 0 Å². The smallest absolute Gasteiger partial charge is 0.133 e. The Bertz CT molecular complexity index is 570. The standard InChI is InChI=1S/C21H37N5.2ClH/c1-5-25(15-18-6-10-22-11-7-18)19-8-12-26(13-9-19)20-14-17(4)23-21(24-20)16(2)3;;/h14,16,18-19,22H,5-13,15H2,1-4H3;2*1H. The fourth-order valence-electron chi connectivity index (χ4n) is 4.39. The summed E-state index contributed by atoms with van der Waals surface area (Å²) in [5.41, 5.74) is 1.09. The van der Waals surface area contributed by atoms with Crippen molar-refractivity contribution >= 4 is 30.6 Å². The van der Waals surface area contributed by atoms with Crippen molar-refractivity contribution < 1.29 is 0 Å². The molecule has 1 aromatic heterocycles. The number of hydrogen-bond donors (Lipinski definition) is 1. The minimum atomic E-state index is 0. The van der Waals surface area contributed by atoms with E-state index in [1.54, 1.807) is 0 Å². The van der Waals surface area contributed by atoms with Gasteiger partial charge in [-0.15, -0.1) is 24.8 Å². The van der Waals surface area contributed by atoms with Crippen LogP contribution in [-0.4, -0.2) is 60.2 Å². The third kappa shape index (κ3) is 6.72. The molecule has 28 heavy (non-hydrogen) atoms. The van der Waals surface area contributed by atoms with Crippen molar-refractivity contribution in [1.82, 2.24) is 20.2 Å². The molecular weight excluding hydrogens is 393 g/mol. The van der Waals surface area contributed by atoms with Crippen molar-refractivity contribution in [1.29, 1.82) is 0 Å². The zero-order valence-corrected chi connectivity index (χ0v) is 19.6. The molecule has 3 heterocycles. The molecule has 0 aliphatic carbocycles. The van der Waals surface area contributed by atoms with Crippen LogP contribution >= 0.6 is 24.8 Å². The average Bonchev–Trinajstić information content (AvgIpc) is 2.66. The summed E-state index contributed by atoms with van der Waals surface area (Å²) in [5.74, 6) is 3.36. The third-order valence-electron chi connectivity index (χ3n) is 6.04. The van der Waals surface area contributed by atoms with E-state index in [0.29, 0.717) is 5.92 Å². The Balaban J connectivity index is 0.00000196. The Morgan fingerprint density at radius 2 is 1.75 bits per heavy atom. The lowest BCUT2D eigenvalue weighted by Gasteiger charge is -2.40. The van der Waals surface area contributed by atoms with Crippen LogP contribution in [-0.2, 0) is 0 Å². The van der Waals surface area contributed by atoms with Crippen molar-refractivity contribution in [2.75, 3.05) is 44.2 Å². The first kappa shape index (κ1) is 25.4. The highest BCUT2D eigenvalue weighted by Crippen LogP contribution is 2.25. The quantitative estimate of drug-likeness (QED) is 0.735. The Labute approximate surface area is 183 Å². The van der Waals surface area contributed by atoms with Gasteiger partial charge in [-0.05, 0) is 58.2 Å². The highest BCUT2D eigenvalue weighted by Gasteiger charge is 2.27. The molecule has 0 saturated carbocycles. The second-order valence-electron chi connectivity index (χ2n) is 8.38. The summed E-state index contributed by atoms with van der Waals surface area (Å²) < 4.78 is 0. The molecule has 1 N–H and O–H groups in total. The number of rotatable bonds is 6. The molecular formula is C21H39Cl2N5. The van der Waals surface area contributed by atoms with Crippen LogP contribution in [0.25, 0.3) is 0 Å². The van der Waals surface area contributed by atoms with Gasteiger partial charge in [0.2, 0.25) is 0 Å².